The molecule has 1 aromatic heterocycles. The number of hydrogen-bond acceptors (Lipinski definition) is 3. The summed E-state index contributed by atoms with van der Waals surface area (Å²) in [5.74, 6) is -0.269. The van der Waals surface area contributed by atoms with Crippen LogP contribution in [0.3, 0.4) is 0 Å². The monoisotopic (exact) mass is 379 g/mol. The Kier molecular flexibility index (Phi) is 4.72. The van der Waals surface area contributed by atoms with Crippen LogP contribution in [0, 0.1) is 0 Å². The van der Waals surface area contributed by atoms with Gasteiger partial charge in [-0.2, -0.15) is 8.78 Å². The molecule has 0 fully saturated rings. The first kappa shape index (κ1) is 17.7. The minimum Gasteiger partial charge on any atom is -0.435 e. The first-order chi connectivity index (χ1) is 13.6. The van der Waals surface area contributed by atoms with Gasteiger partial charge in [0.25, 0.3) is 5.91 Å². The van der Waals surface area contributed by atoms with Crippen LogP contribution >= 0.6 is 0 Å². The van der Waals surface area contributed by atoms with Gasteiger partial charge < -0.3 is 10.1 Å². The largest absolute Gasteiger partial charge is 0.435 e. The minimum absolute atomic E-state index is 0.0323. The molecule has 0 saturated heterocycles. The van der Waals surface area contributed by atoms with Crippen molar-refractivity contribution in [3.8, 4) is 11.4 Å². The van der Waals surface area contributed by atoms with Crippen LogP contribution in [0.15, 0.2) is 79.1 Å². The SMILES string of the molecule is O=C(Nc1ccc(OC(F)F)cc1)c1ccc(-n2cnc3ccccc32)cc1. The fraction of sp³-hybridized carbons (Fsp3) is 0.0476. The van der Waals surface area contributed by atoms with Crippen molar-refractivity contribution in [2.75, 3.05) is 5.32 Å². The zero-order chi connectivity index (χ0) is 19.5. The number of carbonyl (C=O) groups excluding carboxylic acids is 1. The Labute approximate surface area is 159 Å². The third kappa shape index (κ3) is 3.68. The Hall–Kier alpha value is -3.74. The molecule has 0 atom stereocenters. The Morgan fingerprint density at radius 3 is 2.39 bits per heavy atom. The van der Waals surface area contributed by atoms with Crippen LogP contribution in [0.1, 0.15) is 10.4 Å². The van der Waals surface area contributed by atoms with E-state index in [9.17, 15) is 13.6 Å². The van der Waals surface area contributed by atoms with Crippen LogP contribution in [0.25, 0.3) is 16.7 Å². The molecular weight excluding hydrogens is 364 g/mol. The number of hydrogen-bond donors (Lipinski definition) is 1. The van der Waals surface area contributed by atoms with Gasteiger partial charge in [0.2, 0.25) is 0 Å². The van der Waals surface area contributed by atoms with E-state index in [0.717, 1.165) is 16.7 Å². The summed E-state index contributed by atoms with van der Waals surface area (Å²) < 4.78 is 30.6. The van der Waals surface area contributed by atoms with Crippen molar-refractivity contribution < 1.29 is 18.3 Å². The summed E-state index contributed by atoms with van der Waals surface area (Å²) >= 11 is 0. The standard InChI is InChI=1S/C21H15F2N3O2/c22-21(23)28-17-11-7-15(8-12-17)25-20(27)14-5-9-16(10-6-14)26-13-24-18-3-1-2-4-19(18)26/h1-13,21H,(H,25,27). The molecule has 1 N–H and O–H groups in total. The summed E-state index contributed by atoms with van der Waals surface area (Å²) in [5.41, 5.74) is 3.71. The van der Waals surface area contributed by atoms with Gasteiger partial charge in [-0.15, -0.1) is 0 Å². The number of alkyl halides is 2. The number of rotatable bonds is 5. The summed E-state index contributed by atoms with van der Waals surface area (Å²) in [6, 6.07) is 20.6. The van der Waals surface area contributed by atoms with Crippen molar-refractivity contribution in [2.24, 2.45) is 0 Å². The number of amides is 1. The zero-order valence-corrected chi connectivity index (χ0v) is 14.5. The van der Waals surface area contributed by atoms with Gasteiger partial charge in [0.15, 0.2) is 0 Å². The lowest BCUT2D eigenvalue weighted by atomic mass is 10.2. The maximum absolute atomic E-state index is 12.4. The average Bonchev–Trinajstić information content (AvgIpc) is 3.13. The smallest absolute Gasteiger partial charge is 0.387 e. The predicted molar refractivity (Wildman–Crippen MR) is 102 cm³/mol. The second kappa shape index (κ2) is 7.48. The molecule has 0 aliphatic heterocycles. The van der Waals surface area contributed by atoms with Gasteiger partial charge in [-0.1, -0.05) is 12.1 Å². The number of carbonyl (C=O) groups is 1. The number of nitrogens with one attached hydrogen (secondary N) is 1. The molecule has 0 radical (unpaired) electrons. The lowest BCUT2D eigenvalue weighted by Crippen LogP contribution is -2.12. The zero-order valence-electron chi connectivity index (χ0n) is 14.5. The van der Waals surface area contributed by atoms with Crippen molar-refractivity contribution >= 4 is 22.6 Å². The molecule has 0 aliphatic carbocycles. The van der Waals surface area contributed by atoms with Gasteiger partial charge in [0.05, 0.1) is 11.0 Å². The van der Waals surface area contributed by atoms with E-state index in [1.54, 1.807) is 18.5 Å². The number of anilines is 1. The third-order valence-electron chi connectivity index (χ3n) is 4.20. The number of fused-ring (bicyclic) bond motifs is 1. The van der Waals surface area contributed by atoms with E-state index in [1.165, 1.54) is 24.3 Å². The fourth-order valence-corrected chi connectivity index (χ4v) is 2.86. The van der Waals surface area contributed by atoms with Gasteiger partial charge in [0.1, 0.15) is 12.1 Å². The Balaban J connectivity index is 1.48. The van der Waals surface area contributed by atoms with Crippen LogP contribution in [-0.4, -0.2) is 22.1 Å². The minimum atomic E-state index is -2.88. The van der Waals surface area contributed by atoms with Crippen LogP contribution < -0.4 is 10.1 Å². The second-order valence-electron chi connectivity index (χ2n) is 6.01. The topological polar surface area (TPSA) is 56.1 Å². The highest BCUT2D eigenvalue weighted by atomic mass is 19.3. The van der Waals surface area contributed by atoms with Crippen molar-refractivity contribution in [1.29, 1.82) is 0 Å². The van der Waals surface area contributed by atoms with E-state index in [0.29, 0.717) is 11.3 Å². The average molecular weight is 379 g/mol. The highest BCUT2D eigenvalue weighted by molar-refractivity contribution is 6.04. The van der Waals surface area contributed by atoms with Crippen LogP contribution in [0.2, 0.25) is 0 Å². The number of imidazole rings is 1. The quantitative estimate of drug-likeness (QED) is 0.538. The van der Waals surface area contributed by atoms with Crippen LogP contribution in [0.5, 0.6) is 5.75 Å². The van der Waals surface area contributed by atoms with Gasteiger partial charge in [0, 0.05) is 16.9 Å². The predicted octanol–water partition coefficient (Wildman–Crippen LogP) is 4.88. The highest BCUT2D eigenvalue weighted by Crippen LogP contribution is 2.20. The maximum Gasteiger partial charge on any atom is 0.387 e. The number of ether oxygens (including phenoxy) is 1. The second-order valence-corrected chi connectivity index (χ2v) is 6.01. The molecule has 4 aromatic rings. The highest BCUT2D eigenvalue weighted by Gasteiger charge is 2.09. The summed E-state index contributed by atoms with van der Waals surface area (Å²) in [6.45, 7) is -2.88. The molecule has 28 heavy (non-hydrogen) atoms. The molecule has 7 heteroatoms. The van der Waals surface area contributed by atoms with Crippen molar-refractivity contribution in [1.82, 2.24) is 9.55 Å². The van der Waals surface area contributed by atoms with Crippen LogP contribution in [-0.2, 0) is 0 Å². The summed E-state index contributed by atoms with van der Waals surface area (Å²) in [4.78, 5) is 16.8. The molecule has 1 heterocycles. The Bertz CT molecular complexity index is 1110. The first-order valence-electron chi connectivity index (χ1n) is 8.49. The van der Waals surface area contributed by atoms with Crippen molar-refractivity contribution in [3.05, 3.63) is 84.7 Å². The van der Waals surface area contributed by atoms with Gasteiger partial charge in [-0.05, 0) is 60.7 Å². The molecule has 4 rings (SSSR count). The Morgan fingerprint density at radius 2 is 1.68 bits per heavy atom. The number of aromatic nitrogens is 2. The fourth-order valence-electron chi connectivity index (χ4n) is 2.86. The van der Waals surface area contributed by atoms with Gasteiger partial charge in [-0.3, -0.25) is 9.36 Å². The van der Waals surface area contributed by atoms with Crippen molar-refractivity contribution in [2.45, 2.75) is 6.61 Å². The molecule has 0 aliphatic rings. The maximum atomic E-state index is 12.4. The number of benzene rings is 3. The van der Waals surface area contributed by atoms with Crippen molar-refractivity contribution in [3.63, 3.8) is 0 Å². The van der Waals surface area contributed by atoms with E-state index in [1.807, 2.05) is 41.0 Å². The van der Waals surface area contributed by atoms with E-state index in [4.69, 9.17) is 0 Å². The summed E-state index contributed by atoms with van der Waals surface area (Å²) in [6.07, 6.45) is 1.74. The van der Waals surface area contributed by atoms with Gasteiger partial charge >= 0.3 is 6.61 Å². The molecular formula is C21H15F2N3O2. The number of nitrogens with zero attached hydrogens (tertiary/aromatic N) is 2. The molecule has 0 spiro atoms. The van der Waals surface area contributed by atoms with Crippen LogP contribution in [0.4, 0.5) is 14.5 Å². The molecule has 0 unspecified atom stereocenters. The number of para-hydroxylation sites is 2. The Morgan fingerprint density at radius 1 is 0.964 bits per heavy atom. The molecule has 5 nitrogen and oxygen atoms in total. The molecule has 3 aromatic carbocycles. The summed E-state index contributed by atoms with van der Waals surface area (Å²) in [5, 5.41) is 2.72. The van der Waals surface area contributed by atoms with Gasteiger partial charge in [-0.25, -0.2) is 4.98 Å². The molecule has 1 amide bonds. The lowest BCUT2D eigenvalue weighted by molar-refractivity contribution is -0.0498. The molecule has 0 bridgehead atoms. The first-order valence-corrected chi connectivity index (χ1v) is 8.49. The normalized spacial score (nSPS) is 11.0. The third-order valence-corrected chi connectivity index (χ3v) is 4.20. The lowest BCUT2D eigenvalue weighted by Gasteiger charge is -2.09. The summed E-state index contributed by atoms with van der Waals surface area (Å²) in [7, 11) is 0. The van der Waals surface area contributed by atoms with E-state index < -0.39 is 6.61 Å². The molecule has 140 valence electrons. The number of halogens is 2. The van der Waals surface area contributed by atoms with E-state index in [2.05, 4.69) is 15.0 Å². The van der Waals surface area contributed by atoms with E-state index in [-0.39, 0.29) is 11.7 Å². The van der Waals surface area contributed by atoms with E-state index >= 15 is 0 Å². The molecule has 0 saturated carbocycles.